The Morgan fingerprint density at radius 1 is 1.05 bits per heavy atom. The Balaban J connectivity index is 2.21. The zero-order valence-corrected chi connectivity index (χ0v) is 11.5. The summed E-state index contributed by atoms with van der Waals surface area (Å²) in [7, 11) is 0. The number of thiophene rings is 1. The van der Waals surface area contributed by atoms with Crippen molar-refractivity contribution in [3.63, 3.8) is 0 Å². The average Bonchev–Trinajstić information content (AvgIpc) is 3.08. The lowest BCUT2D eigenvalue weighted by molar-refractivity contribution is 0.548. The molecular weight excluding hydrogens is 252 g/mol. The summed E-state index contributed by atoms with van der Waals surface area (Å²) in [6, 6.07) is 14.5. The second-order valence-electron chi connectivity index (χ2n) is 4.36. The standard InChI is InChI=1S/C17H14OS/c1-3-13-14(16-10-9-12(2)18-16)6-4-7-15(13)17-8-5-11-19-17/h3-11H,1H2,2H3. The Labute approximate surface area is 116 Å². The quantitative estimate of drug-likeness (QED) is 0.599. The van der Waals surface area contributed by atoms with E-state index >= 15 is 0 Å². The molecule has 3 aromatic rings. The van der Waals surface area contributed by atoms with Gasteiger partial charge in [-0.2, -0.15) is 0 Å². The Hall–Kier alpha value is -2.06. The van der Waals surface area contributed by atoms with E-state index in [-0.39, 0.29) is 0 Å². The van der Waals surface area contributed by atoms with Crippen molar-refractivity contribution in [1.82, 2.24) is 0 Å². The molecule has 0 N–H and O–H groups in total. The number of aryl methyl sites for hydroxylation is 1. The van der Waals surface area contributed by atoms with Crippen molar-refractivity contribution in [3.8, 4) is 21.8 Å². The summed E-state index contributed by atoms with van der Waals surface area (Å²) in [5.41, 5.74) is 3.42. The molecule has 0 amide bonds. The summed E-state index contributed by atoms with van der Waals surface area (Å²) >= 11 is 1.74. The van der Waals surface area contributed by atoms with E-state index in [0.29, 0.717) is 0 Å². The maximum Gasteiger partial charge on any atom is 0.134 e. The second-order valence-corrected chi connectivity index (χ2v) is 5.31. The molecule has 0 unspecified atom stereocenters. The molecule has 0 fully saturated rings. The molecule has 0 aliphatic carbocycles. The van der Waals surface area contributed by atoms with Crippen LogP contribution in [0, 0.1) is 6.92 Å². The number of hydrogen-bond donors (Lipinski definition) is 0. The Morgan fingerprint density at radius 2 is 1.89 bits per heavy atom. The molecule has 94 valence electrons. The van der Waals surface area contributed by atoms with Crippen molar-refractivity contribution >= 4 is 17.4 Å². The van der Waals surface area contributed by atoms with E-state index in [1.54, 1.807) is 11.3 Å². The van der Waals surface area contributed by atoms with Crippen LogP contribution in [-0.4, -0.2) is 0 Å². The van der Waals surface area contributed by atoms with Gasteiger partial charge >= 0.3 is 0 Å². The van der Waals surface area contributed by atoms with Gasteiger partial charge in [0.1, 0.15) is 11.5 Å². The first kappa shape index (κ1) is 12.0. The molecular formula is C17H14OS. The van der Waals surface area contributed by atoms with Crippen LogP contribution in [0.1, 0.15) is 11.3 Å². The van der Waals surface area contributed by atoms with Gasteiger partial charge in [-0.3, -0.25) is 0 Å². The van der Waals surface area contributed by atoms with E-state index in [2.05, 4.69) is 42.3 Å². The van der Waals surface area contributed by atoms with Crippen molar-refractivity contribution in [2.45, 2.75) is 6.92 Å². The molecule has 0 spiro atoms. The van der Waals surface area contributed by atoms with E-state index in [1.165, 1.54) is 10.4 Å². The van der Waals surface area contributed by atoms with Crippen LogP contribution >= 0.6 is 11.3 Å². The van der Waals surface area contributed by atoms with Crippen LogP contribution in [0.2, 0.25) is 0 Å². The lowest BCUT2D eigenvalue weighted by Gasteiger charge is -2.09. The van der Waals surface area contributed by atoms with Gasteiger partial charge in [0.05, 0.1) is 0 Å². The van der Waals surface area contributed by atoms with Crippen molar-refractivity contribution < 1.29 is 4.42 Å². The molecule has 3 rings (SSSR count). The number of hydrogen-bond acceptors (Lipinski definition) is 2. The Morgan fingerprint density at radius 3 is 2.53 bits per heavy atom. The monoisotopic (exact) mass is 266 g/mol. The molecule has 1 nitrogen and oxygen atoms in total. The molecule has 1 aromatic carbocycles. The zero-order valence-electron chi connectivity index (χ0n) is 10.7. The highest BCUT2D eigenvalue weighted by Crippen LogP contribution is 2.35. The third-order valence-electron chi connectivity index (χ3n) is 3.10. The fourth-order valence-corrected chi connectivity index (χ4v) is 2.99. The number of rotatable bonds is 3. The first-order valence-corrected chi connectivity index (χ1v) is 7.03. The van der Waals surface area contributed by atoms with Crippen molar-refractivity contribution in [2.24, 2.45) is 0 Å². The molecule has 0 radical (unpaired) electrons. The SMILES string of the molecule is C=Cc1c(-c2ccc(C)o2)cccc1-c1cccs1. The first-order chi connectivity index (χ1) is 9.29. The van der Waals surface area contributed by atoms with E-state index in [1.807, 2.05) is 25.1 Å². The number of benzene rings is 1. The van der Waals surface area contributed by atoms with Crippen molar-refractivity contribution in [1.29, 1.82) is 0 Å². The highest BCUT2D eigenvalue weighted by molar-refractivity contribution is 7.13. The summed E-state index contributed by atoms with van der Waals surface area (Å²) in [6.07, 6.45) is 1.90. The van der Waals surface area contributed by atoms with Gasteiger partial charge in [0.15, 0.2) is 0 Å². The lowest BCUT2D eigenvalue weighted by Crippen LogP contribution is -1.85. The third kappa shape index (κ3) is 2.15. The minimum absolute atomic E-state index is 0.894. The molecule has 2 heteroatoms. The minimum Gasteiger partial charge on any atom is -0.461 e. The highest BCUT2D eigenvalue weighted by Gasteiger charge is 2.12. The van der Waals surface area contributed by atoms with E-state index in [0.717, 1.165) is 22.6 Å². The summed E-state index contributed by atoms with van der Waals surface area (Å²) in [5, 5.41) is 2.09. The van der Waals surface area contributed by atoms with E-state index in [4.69, 9.17) is 4.42 Å². The van der Waals surface area contributed by atoms with Crippen LogP contribution in [0.15, 0.2) is 58.8 Å². The van der Waals surface area contributed by atoms with Gasteiger partial charge in [0, 0.05) is 10.4 Å². The van der Waals surface area contributed by atoms with Crippen LogP contribution in [0.5, 0.6) is 0 Å². The predicted molar refractivity (Wildman–Crippen MR) is 82.3 cm³/mol. The lowest BCUT2D eigenvalue weighted by atomic mass is 9.98. The summed E-state index contributed by atoms with van der Waals surface area (Å²) in [6.45, 7) is 5.92. The van der Waals surface area contributed by atoms with E-state index in [9.17, 15) is 0 Å². The number of furan rings is 1. The van der Waals surface area contributed by atoms with Gasteiger partial charge in [0.2, 0.25) is 0 Å². The highest BCUT2D eigenvalue weighted by atomic mass is 32.1. The molecule has 19 heavy (non-hydrogen) atoms. The molecule has 0 aliphatic heterocycles. The molecule has 2 aromatic heterocycles. The molecule has 0 saturated carbocycles. The molecule has 0 atom stereocenters. The van der Waals surface area contributed by atoms with Crippen LogP contribution in [0.25, 0.3) is 27.8 Å². The van der Waals surface area contributed by atoms with Gasteiger partial charge in [-0.15, -0.1) is 11.3 Å². The summed E-state index contributed by atoms with van der Waals surface area (Å²) < 4.78 is 5.74. The van der Waals surface area contributed by atoms with Crippen LogP contribution < -0.4 is 0 Å². The fourth-order valence-electron chi connectivity index (χ4n) is 2.23. The topological polar surface area (TPSA) is 13.1 Å². The maximum atomic E-state index is 5.74. The van der Waals surface area contributed by atoms with Crippen LogP contribution in [0.4, 0.5) is 0 Å². The molecule has 0 bridgehead atoms. The van der Waals surface area contributed by atoms with Gasteiger partial charge in [-0.05, 0) is 41.6 Å². The second kappa shape index (κ2) is 4.90. The molecule has 2 heterocycles. The van der Waals surface area contributed by atoms with Gasteiger partial charge in [0.25, 0.3) is 0 Å². The first-order valence-electron chi connectivity index (χ1n) is 6.16. The molecule has 0 saturated heterocycles. The third-order valence-corrected chi connectivity index (χ3v) is 4.01. The normalized spacial score (nSPS) is 10.6. The van der Waals surface area contributed by atoms with Gasteiger partial charge < -0.3 is 4.42 Å². The van der Waals surface area contributed by atoms with Gasteiger partial charge in [-0.25, -0.2) is 0 Å². The van der Waals surface area contributed by atoms with Crippen LogP contribution in [0.3, 0.4) is 0 Å². The average molecular weight is 266 g/mol. The zero-order chi connectivity index (χ0) is 13.2. The molecule has 0 aliphatic rings. The predicted octanol–water partition coefficient (Wildman–Crippen LogP) is 5.63. The van der Waals surface area contributed by atoms with Crippen molar-refractivity contribution in [3.05, 3.63) is 65.7 Å². The summed E-state index contributed by atoms with van der Waals surface area (Å²) in [4.78, 5) is 1.25. The summed E-state index contributed by atoms with van der Waals surface area (Å²) in [5.74, 6) is 1.82. The fraction of sp³-hybridized carbons (Fsp3) is 0.0588. The van der Waals surface area contributed by atoms with Crippen molar-refractivity contribution in [2.75, 3.05) is 0 Å². The Bertz CT molecular complexity index is 705. The van der Waals surface area contributed by atoms with Gasteiger partial charge in [-0.1, -0.05) is 36.9 Å². The largest absolute Gasteiger partial charge is 0.461 e. The van der Waals surface area contributed by atoms with Crippen LogP contribution in [-0.2, 0) is 0 Å². The maximum absolute atomic E-state index is 5.74. The Kier molecular flexibility index (Phi) is 3.10. The van der Waals surface area contributed by atoms with E-state index < -0.39 is 0 Å². The smallest absolute Gasteiger partial charge is 0.134 e. The minimum atomic E-state index is 0.894.